The first-order valence-corrected chi connectivity index (χ1v) is 12.3. The van der Waals surface area contributed by atoms with Crippen molar-refractivity contribution in [2.75, 3.05) is 32.1 Å². The third-order valence-corrected chi connectivity index (χ3v) is 8.64. The first-order valence-electron chi connectivity index (χ1n) is 12.3. The second-order valence-electron chi connectivity index (χ2n) is 10.5. The maximum absolute atomic E-state index is 13.8. The van der Waals surface area contributed by atoms with Gasteiger partial charge in [0.25, 0.3) is 0 Å². The zero-order valence-corrected chi connectivity index (χ0v) is 19.8. The van der Waals surface area contributed by atoms with Crippen molar-refractivity contribution in [3.05, 3.63) is 65.7 Å². The molecule has 172 valence electrons. The number of rotatable bonds is 5. The number of carbonyl (C=O) groups is 1. The number of nitriles is 1. The van der Waals surface area contributed by atoms with Crippen molar-refractivity contribution >= 4 is 11.7 Å². The topological polar surface area (TPSA) is 50.6 Å². The van der Waals surface area contributed by atoms with Crippen molar-refractivity contribution in [2.45, 2.75) is 56.0 Å². The van der Waals surface area contributed by atoms with Crippen LogP contribution in [0.2, 0.25) is 0 Å². The van der Waals surface area contributed by atoms with E-state index in [0.717, 1.165) is 44.5 Å². The number of hydrogen-bond acceptors (Lipinski definition) is 3. The molecular formula is C28H34N4O. The third-order valence-electron chi connectivity index (χ3n) is 8.64. The lowest BCUT2D eigenvalue weighted by atomic mass is 9.68. The van der Waals surface area contributed by atoms with Gasteiger partial charge in [-0.1, -0.05) is 36.8 Å². The van der Waals surface area contributed by atoms with Gasteiger partial charge >= 0.3 is 6.03 Å². The molecule has 1 heterocycles. The minimum atomic E-state index is -0.116. The van der Waals surface area contributed by atoms with E-state index in [1.807, 2.05) is 29.2 Å². The molecule has 5 heteroatoms. The molecule has 2 amide bonds. The normalized spacial score (nSPS) is 27.8. The summed E-state index contributed by atoms with van der Waals surface area (Å²) in [7, 11) is 4.39. The summed E-state index contributed by atoms with van der Waals surface area (Å²) >= 11 is 0. The fraction of sp³-hybridized carbons (Fsp3) is 0.500. The maximum Gasteiger partial charge on any atom is 0.325 e. The number of anilines is 1. The molecule has 1 spiro atoms. The van der Waals surface area contributed by atoms with E-state index in [4.69, 9.17) is 5.26 Å². The molecule has 2 aliphatic carbocycles. The predicted molar refractivity (Wildman–Crippen MR) is 131 cm³/mol. The van der Waals surface area contributed by atoms with Gasteiger partial charge in [-0.15, -0.1) is 0 Å². The van der Waals surface area contributed by atoms with Gasteiger partial charge in [0.2, 0.25) is 0 Å². The quantitative estimate of drug-likeness (QED) is 0.625. The van der Waals surface area contributed by atoms with Gasteiger partial charge in [0, 0.05) is 17.8 Å². The average molecular weight is 443 g/mol. The summed E-state index contributed by atoms with van der Waals surface area (Å²) in [5, 5.41) is 9.16. The van der Waals surface area contributed by atoms with Crippen LogP contribution in [-0.2, 0) is 5.54 Å². The third kappa shape index (κ3) is 3.71. The molecular weight excluding hydrogens is 408 g/mol. The summed E-state index contributed by atoms with van der Waals surface area (Å²) in [5.74, 6) is 0.640. The van der Waals surface area contributed by atoms with Gasteiger partial charge in [0.05, 0.1) is 23.7 Å². The largest absolute Gasteiger partial charge is 0.325 e. The highest BCUT2D eigenvalue weighted by Gasteiger charge is 2.55. The molecule has 2 aromatic carbocycles. The first-order chi connectivity index (χ1) is 16.0. The molecule has 1 saturated heterocycles. The van der Waals surface area contributed by atoms with Crippen LogP contribution in [0.1, 0.15) is 56.1 Å². The van der Waals surface area contributed by atoms with Crippen LogP contribution in [0.3, 0.4) is 0 Å². The monoisotopic (exact) mass is 442 g/mol. The standard InChI is InChI=1S/C28H34N4O/c1-30(2)28(24-9-4-3-5-10-24)17-15-27(16-18-28)21-31(25-13-11-22(19-29)12-14-25)26(33)32(27)20-23-7-6-8-23/h3-5,9-14,23H,6-8,15-18,20-21H2,1-2H3/t27-,28-. The Morgan fingerprint density at radius 2 is 1.67 bits per heavy atom. The van der Waals surface area contributed by atoms with E-state index < -0.39 is 0 Å². The molecule has 0 atom stereocenters. The SMILES string of the molecule is CN(C)[C@]1(c2ccccc2)CC[C@@]2(CC1)CN(c1ccc(C#N)cc1)C(=O)N2CC1CCC1. The zero-order chi connectivity index (χ0) is 23.1. The van der Waals surface area contributed by atoms with Crippen molar-refractivity contribution in [1.82, 2.24) is 9.80 Å². The molecule has 33 heavy (non-hydrogen) atoms. The molecule has 3 aliphatic rings. The minimum Gasteiger partial charge on any atom is -0.317 e. The van der Waals surface area contributed by atoms with E-state index in [-0.39, 0.29) is 17.1 Å². The Bertz CT molecular complexity index is 1030. The Hall–Kier alpha value is -2.84. The number of nitrogens with zero attached hydrogens (tertiary/aromatic N) is 4. The van der Waals surface area contributed by atoms with Crippen LogP contribution in [0.5, 0.6) is 0 Å². The number of hydrogen-bond donors (Lipinski definition) is 0. The van der Waals surface area contributed by atoms with E-state index in [2.05, 4.69) is 60.3 Å². The molecule has 5 rings (SSSR count). The summed E-state index contributed by atoms with van der Waals surface area (Å²) in [5.41, 5.74) is 2.81. The summed E-state index contributed by atoms with van der Waals surface area (Å²) in [4.78, 5) is 20.3. The highest BCUT2D eigenvalue weighted by atomic mass is 16.2. The lowest BCUT2D eigenvalue weighted by Gasteiger charge is -2.51. The Labute approximate surface area is 197 Å². The van der Waals surface area contributed by atoms with E-state index in [0.29, 0.717) is 11.5 Å². The van der Waals surface area contributed by atoms with Crippen LogP contribution < -0.4 is 4.90 Å². The van der Waals surface area contributed by atoms with Gasteiger partial charge < -0.3 is 4.90 Å². The van der Waals surface area contributed by atoms with Crippen LogP contribution in [0.25, 0.3) is 0 Å². The number of benzene rings is 2. The average Bonchev–Trinajstić information content (AvgIpc) is 3.08. The predicted octanol–water partition coefficient (Wildman–Crippen LogP) is 5.37. The number of urea groups is 1. The first kappa shape index (κ1) is 22.0. The summed E-state index contributed by atoms with van der Waals surface area (Å²) in [6.45, 7) is 1.62. The van der Waals surface area contributed by atoms with Crippen molar-refractivity contribution in [3.8, 4) is 6.07 Å². The van der Waals surface area contributed by atoms with Gasteiger partial charge in [0.1, 0.15) is 0 Å². The summed E-state index contributed by atoms with van der Waals surface area (Å²) in [6, 6.07) is 20.7. The van der Waals surface area contributed by atoms with Crippen LogP contribution in [0.4, 0.5) is 10.5 Å². The highest BCUT2D eigenvalue weighted by molar-refractivity contribution is 5.95. The van der Waals surface area contributed by atoms with E-state index >= 15 is 0 Å². The van der Waals surface area contributed by atoms with Crippen molar-refractivity contribution in [1.29, 1.82) is 5.26 Å². The maximum atomic E-state index is 13.8. The van der Waals surface area contributed by atoms with Crippen LogP contribution in [0, 0.1) is 17.2 Å². The molecule has 0 unspecified atom stereocenters. The van der Waals surface area contributed by atoms with Crippen LogP contribution >= 0.6 is 0 Å². The van der Waals surface area contributed by atoms with Crippen molar-refractivity contribution < 1.29 is 4.79 Å². The van der Waals surface area contributed by atoms with Gasteiger partial charge in [-0.3, -0.25) is 9.80 Å². The molecule has 0 bridgehead atoms. The fourth-order valence-corrected chi connectivity index (χ4v) is 6.22. The molecule has 0 N–H and O–H groups in total. The van der Waals surface area contributed by atoms with Crippen molar-refractivity contribution in [3.63, 3.8) is 0 Å². The summed E-state index contributed by atoms with van der Waals surface area (Å²) in [6.07, 6.45) is 7.86. The van der Waals surface area contributed by atoms with Gasteiger partial charge in [-0.25, -0.2) is 4.79 Å². The molecule has 3 fully saturated rings. The van der Waals surface area contributed by atoms with Crippen LogP contribution in [0.15, 0.2) is 54.6 Å². The van der Waals surface area contributed by atoms with Crippen molar-refractivity contribution in [2.24, 2.45) is 5.92 Å². The lowest BCUT2D eigenvalue weighted by Crippen LogP contribution is -2.56. The lowest BCUT2D eigenvalue weighted by molar-refractivity contribution is 0.0172. The molecule has 0 aromatic heterocycles. The van der Waals surface area contributed by atoms with E-state index in [1.165, 1.54) is 24.8 Å². The van der Waals surface area contributed by atoms with Gasteiger partial charge in [-0.2, -0.15) is 5.26 Å². The summed E-state index contributed by atoms with van der Waals surface area (Å²) < 4.78 is 0. The Kier molecular flexibility index (Phi) is 5.66. The van der Waals surface area contributed by atoms with Gasteiger partial charge in [-0.05, 0) is 88.4 Å². The molecule has 2 aromatic rings. The molecule has 5 nitrogen and oxygen atoms in total. The Morgan fingerprint density at radius 3 is 2.21 bits per heavy atom. The Morgan fingerprint density at radius 1 is 1.00 bits per heavy atom. The smallest absolute Gasteiger partial charge is 0.317 e. The van der Waals surface area contributed by atoms with Crippen LogP contribution in [-0.4, -0.2) is 48.6 Å². The van der Waals surface area contributed by atoms with E-state index in [9.17, 15) is 4.79 Å². The van der Waals surface area contributed by atoms with E-state index in [1.54, 1.807) is 0 Å². The number of carbonyl (C=O) groups excluding carboxylic acids is 1. The number of amides is 2. The molecule has 1 aliphatic heterocycles. The highest BCUT2D eigenvalue weighted by Crippen LogP contribution is 2.50. The second kappa shape index (κ2) is 8.50. The fourth-order valence-electron chi connectivity index (χ4n) is 6.22. The molecule has 0 radical (unpaired) electrons. The Balaban J connectivity index is 1.44. The zero-order valence-electron chi connectivity index (χ0n) is 19.8. The van der Waals surface area contributed by atoms with Gasteiger partial charge in [0.15, 0.2) is 0 Å². The molecule has 2 saturated carbocycles. The minimum absolute atomic E-state index is 0.0135. The second-order valence-corrected chi connectivity index (χ2v) is 10.5.